The lowest BCUT2D eigenvalue weighted by molar-refractivity contribution is 1.07. The van der Waals surface area contributed by atoms with E-state index in [2.05, 4.69) is 297 Å². The zero-order chi connectivity index (χ0) is 74.0. The predicted molar refractivity (Wildman–Crippen MR) is 460 cm³/mol. The zero-order valence-corrected chi connectivity index (χ0v) is 60.6. The Morgan fingerprint density at radius 1 is 0.143 bits per heavy atom. The zero-order valence-electron chi connectivity index (χ0n) is 60.6. The van der Waals surface area contributed by atoms with Crippen molar-refractivity contribution in [3.63, 3.8) is 0 Å². The maximum atomic E-state index is 5.03. The summed E-state index contributed by atoms with van der Waals surface area (Å²) in [6.45, 7) is 0. The summed E-state index contributed by atoms with van der Waals surface area (Å²) in [5, 5.41) is 9.79. The summed E-state index contributed by atoms with van der Waals surface area (Å²) < 4.78 is 9.47. The van der Waals surface area contributed by atoms with Crippen LogP contribution in [0.15, 0.2) is 400 Å². The third kappa shape index (κ3) is 11.4. The van der Waals surface area contributed by atoms with E-state index in [1.54, 1.807) is 0 Å². The van der Waals surface area contributed by atoms with Crippen LogP contribution in [0.1, 0.15) is 0 Å². The average molecular weight is 1430 g/mol. The first-order chi connectivity index (χ1) is 55.5. The van der Waals surface area contributed by atoms with Gasteiger partial charge < -0.3 is 18.3 Å². The SMILES string of the molecule is c1ccc(-c2nc(-c3ccccc3)nc(-c3cccc(-n4c5ccccc5c5c(-c6ccc7c(c6)c6ccccc6n7-c6ccccc6)cccc54)c3)n2)cc1.c1ccc(-c2nc(-c3ccccc3)nc(-c3cccc(-n4c5ccccc5c5cc(-c6ccc7c8ccccc8n(-c8ccccc8)c7c6)ccc54)c3)n2)cc1. The molecule has 0 spiro atoms. The molecule has 0 radical (unpaired) electrons. The van der Waals surface area contributed by atoms with Crippen molar-refractivity contribution in [3.05, 3.63) is 400 Å². The molecule has 6 heterocycles. The van der Waals surface area contributed by atoms with Gasteiger partial charge in [0.05, 0.1) is 44.1 Å². The van der Waals surface area contributed by atoms with Crippen LogP contribution in [-0.4, -0.2) is 48.2 Å². The fourth-order valence-corrected chi connectivity index (χ4v) is 16.4. The summed E-state index contributed by atoms with van der Waals surface area (Å²) in [5.74, 6) is 3.84. The molecule has 112 heavy (non-hydrogen) atoms. The Morgan fingerprint density at radius 2 is 0.420 bits per heavy atom. The molecule has 0 atom stereocenters. The van der Waals surface area contributed by atoms with E-state index in [0.29, 0.717) is 34.9 Å². The van der Waals surface area contributed by atoms with E-state index in [9.17, 15) is 0 Å². The van der Waals surface area contributed by atoms with Gasteiger partial charge in [0.25, 0.3) is 0 Å². The molecule has 0 fully saturated rings. The maximum absolute atomic E-state index is 5.03. The molecule has 0 saturated carbocycles. The fraction of sp³-hybridized carbons (Fsp3) is 0. The number of rotatable bonds is 12. The van der Waals surface area contributed by atoms with Gasteiger partial charge in [-0.15, -0.1) is 0 Å². The minimum atomic E-state index is 0.629. The summed E-state index contributed by atoms with van der Waals surface area (Å²) in [7, 11) is 0. The molecule has 0 saturated heterocycles. The van der Waals surface area contributed by atoms with Crippen molar-refractivity contribution in [1.82, 2.24) is 48.2 Å². The molecule has 10 nitrogen and oxygen atoms in total. The third-order valence-electron chi connectivity index (χ3n) is 21.5. The molecule has 0 aliphatic heterocycles. The molecule has 0 unspecified atom stereocenters. The van der Waals surface area contributed by atoms with Crippen molar-refractivity contribution >= 4 is 87.2 Å². The summed E-state index contributed by atoms with van der Waals surface area (Å²) in [5.41, 5.74) is 24.1. The Labute approximate surface area is 645 Å². The molecule has 10 heteroatoms. The Kier molecular flexibility index (Phi) is 16.0. The van der Waals surface area contributed by atoms with Crippen LogP contribution in [0, 0.1) is 0 Å². The Morgan fingerprint density at radius 3 is 0.875 bits per heavy atom. The molecule has 524 valence electrons. The van der Waals surface area contributed by atoms with Crippen LogP contribution in [0.2, 0.25) is 0 Å². The monoisotopic (exact) mass is 1430 g/mol. The third-order valence-corrected chi connectivity index (χ3v) is 21.5. The smallest absolute Gasteiger partial charge is 0.164 e. The molecule has 0 bridgehead atoms. The highest BCUT2D eigenvalue weighted by molar-refractivity contribution is 6.18. The second-order valence-electron chi connectivity index (χ2n) is 28.2. The number of benzene rings is 16. The van der Waals surface area contributed by atoms with E-state index in [4.69, 9.17) is 29.9 Å². The second kappa shape index (κ2) is 27.5. The van der Waals surface area contributed by atoms with Gasteiger partial charge in [-0.2, -0.15) is 0 Å². The lowest BCUT2D eigenvalue weighted by atomic mass is 9.98. The lowest BCUT2D eigenvalue weighted by Gasteiger charge is -2.12. The summed E-state index contributed by atoms with van der Waals surface area (Å²) in [6, 6.07) is 141. The van der Waals surface area contributed by atoms with E-state index >= 15 is 0 Å². The normalized spacial score (nSPS) is 11.6. The molecule has 6 aromatic heterocycles. The Bertz CT molecular complexity index is 7240. The minimum Gasteiger partial charge on any atom is -0.309 e. The van der Waals surface area contributed by atoms with Crippen LogP contribution < -0.4 is 0 Å². The van der Waals surface area contributed by atoms with Gasteiger partial charge in [-0.1, -0.05) is 291 Å². The van der Waals surface area contributed by atoms with E-state index < -0.39 is 0 Å². The van der Waals surface area contributed by atoms with E-state index in [1.165, 1.54) is 87.4 Å². The van der Waals surface area contributed by atoms with Gasteiger partial charge in [-0.3, -0.25) is 0 Å². The first-order valence-electron chi connectivity index (χ1n) is 37.7. The molecule has 0 aliphatic rings. The highest BCUT2D eigenvalue weighted by Gasteiger charge is 2.23. The standard InChI is InChI=1S/2C51H33N5/c1-4-16-34(17-5-1)49-52-50(35-18-6-2-7-19-35)54-51(53-49)37-20-14-23-39(32-37)56-45-28-13-11-25-42(45)48-40(26-15-29-47(48)56)36-30-31-46-43(33-36)41-24-10-12-27-44(41)55(46)38-21-8-3-9-22-38;1-4-15-34(16-5-1)49-52-50(35-17-6-2-7-18-35)54-51(53-49)38-19-14-22-40(31-38)56-46-26-13-11-24-42(46)44-32-36(28-30-47(44)56)37-27-29-43-41-23-10-12-25-45(41)55(48(43)33-37)39-20-8-3-9-21-39/h2*1-33H. The number of para-hydroxylation sites is 6. The predicted octanol–water partition coefficient (Wildman–Crippen LogP) is 25.5. The van der Waals surface area contributed by atoms with Crippen LogP contribution in [0.25, 0.3) is 201 Å². The van der Waals surface area contributed by atoms with Gasteiger partial charge in [0.15, 0.2) is 34.9 Å². The number of hydrogen-bond acceptors (Lipinski definition) is 6. The molecule has 0 N–H and O–H groups in total. The first-order valence-corrected chi connectivity index (χ1v) is 37.7. The summed E-state index contributed by atoms with van der Waals surface area (Å²) in [4.78, 5) is 29.9. The molecule has 22 rings (SSSR count). The van der Waals surface area contributed by atoms with Crippen molar-refractivity contribution in [2.75, 3.05) is 0 Å². The van der Waals surface area contributed by atoms with Gasteiger partial charge in [-0.25, -0.2) is 29.9 Å². The first kappa shape index (κ1) is 65.1. The Hall–Kier alpha value is -15.3. The van der Waals surface area contributed by atoms with Gasteiger partial charge in [-0.05, 0) is 131 Å². The van der Waals surface area contributed by atoms with E-state index in [-0.39, 0.29) is 0 Å². The van der Waals surface area contributed by atoms with Crippen molar-refractivity contribution in [2.45, 2.75) is 0 Å². The second-order valence-corrected chi connectivity index (χ2v) is 28.2. The molecular formula is C102H66N10. The van der Waals surface area contributed by atoms with Crippen molar-refractivity contribution < 1.29 is 0 Å². The lowest BCUT2D eigenvalue weighted by Crippen LogP contribution is -2.01. The molecular weight excluding hydrogens is 1370 g/mol. The quantitative estimate of drug-likeness (QED) is 0.121. The van der Waals surface area contributed by atoms with Crippen LogP contribution in [0.3, 0.4) is 0 Å². The topological polar surface area (TPSA) is 97.1 Å². The number of hydrogen-bond donors (Lipinski definition) is 0. The average Bonchev–Trinajstić information content (AvgIpc) is 1.54. The maximum Gasteiger partial charge on any atom is 0.164 e. The largest absolute Gasteiger partial charge is 0.309 e. The highest BCUT2D eigenvalue weighted by Crippen LogP contribution is 2.44. The molecule has 16 aromatic carbocycles. The molecule has 0 aliphatic carbocycles. The molecule has 0 amide bonds. The van der Waals surface area contributed by atoms with E-state index in [1.807, 2.05) is 121 Å². The summed E-state index contributed by atoms with van der Waals surface area (Å²) in [6.07, 6.45) is 0. The van der Waals surface area contributed by atoms with Crippen molar-refractivity contribution in [2.24, 2.45) is 0 Å². The van der Waals surface area contributed by atoms with Crippen LogP contribution in [0.4, 0.5) is 0 Å². The van der Waals surface area contributed by atoms with Crippen LogP contribution >= 0.6 is 0 Å². The van der Waals surface area contributed by atoms with E-state index in [0.717, 1.165) is 78.2 Å². The number of nitrogens with zero attached hydrogens (tertiary/aromatic N) is 10. The van der Waals surface area contributed by atoms with Gasteiger partial charge in [0.1, 0.15) is 0 Å². The van der Waals surface area contributed by atoms with Gasteiger partial charge in [0, 0.05) is 99.2 Å². The molecule has 22 aromatic rings. The van der Waals surface area contributed by atoms with Crippen molar-refractivity contribution in [1.29, 1.82) is 0 Å². The number of aromatic nitrogens is 10. The minimum absolute atomic E-state index is 0.629. The van der Waals surface area contributed by atoms with Gasteiger partial charge >= 0.3 is 0 Å². The van der Waals surface area contributed by atoms with Crippen molar-refractivity contribution in [3.8, 4) is 113 Å². The fourth-order valence-electron chi connectivity index (χ4n) is 16.4. The van der Waals surface area contributed by atoms with Gasteiger partial charge in [0.2, 0.25) is 0 Å². The highest BCUT2D eigenvalue weighted by atomic mass is 15.1. The van der Waals surface area contributed by atoms with Crippen LogP contribution in [0.5, 0.6) is 0 Å². The number of fused-ring (bicyclic) bond motifs is 12. The van der Waals surface area contributed by atoms with Crippen LogP contribution in [-0.2, 0) is 0 Å². The summed E-state index contributed by atoms with van der Waals surface area (Å²) >= 11 is 0. The Balaban J connectivity index is 0.000000141.